The minimum Gasteiger partial charge on any atom is -0.345 e. The summed E-state index contributed by atoms with van der Waals surface area (Å²) in [6, 6.07) is 7.15. The van der Waals surface area contributed by atoms with Gasteiger partial charge in [-0.25, -0.2) is 0 Å². The van der Waals surface area contributed by atoms with Gasteiger partial charge in [-0.05, 0) is 17.7 Å². The molecule has 1 rings (SSSR count). The van der Waals surface area contributed by atoms with Gasteiger partial charge in [0.1, 0.15) is 0 Å². The molecule has 1 amide bonds. The molecule has 0 aromatic heterocycles. The molecule has 0 radical (unpaired) electrons. The molecular weight excluding hydrogens is 270 g/mol. The van der Waals surface area contributed by atoms with Crippen molar-refractivity contribution in [2.75, 3.05) is 19.8 Å². The Kier molecular flexibility index (Phi) is 5.56. The third-order valence-electron chi connectivity index (χ3n) is 2.23. The molecule has 5 heteroatoms. The first-order chi connectivity index (χ1) is 8.40. The zero-order valence-electron chi connectivity index (χ0n) is 10.5. The summed E-state index contributed by atoms with van der Waals surface area (Å²) in [6.45, 7) is 3.52. The molecule has 1 aromatic carbocycles. The van der Waals surface area contributed by atoms with Crippen molar-refractivity contribution in [2.24, 2.45) is 0 Å². The number of amides is 1. The highest BCUT2D eigenvalue weighted by Crippen LogP contribution is 2.11. The summed E-state index contributed by atoms with van der Waals surface area (Å²) in [5.74, 6) is 0.581. The second-order valence-corrected chi connectivity index (χ2v) is 6.14. The maximum absolute atomic E-state index is 11.8. The van der Waals surface area contributed by atoms with Crippen LogP contribution in [0.2, 0.25) is 0 Å². The van der Waals surface area contributed by atoms with Crippen molar-refractivity contribution in [3.63, 3.8) is 0 Å². The van der Waals surface area contributed by atoms with Crippen LogP contribution in [-0.2, 0) is 16.6 Å². The van der Waals surface area contributed by atoms with Crippen molar-refractivity contribution in [3.05, 3.63) is 47.0 Å². The molecular formula is C13H16ClNO2S. The lowest BCUT2D eigenvalue weighted by Crippen LogP contribution is -2.21. The molecule has 0 saturated heterocycles. The van der Waals surface area contributed by atoms with Crippen molar-refractivity contribution in [1.82, 2.24) is 4.90 Å². The summed E-state index contributed by atoms with van der Waals surface area (Å²) >= 11 is 5.61. The molecule has 0 unspecified atom stereocenters. The second-order valence-electron chi connectivity index (χ2n) is 4.15. The van der Waals surface area contributed by atoms with E-state index in [2.05, 4.69) is 6.58 Å². The molecule has 0 aliphatic heterocycles. The molecule has 0 bridgehead atoms. The van der Waals surface area contributed by atoms with Crippen LogP contribution in [0.4, 0.5) is 0 Å². The lowest BCUT2D eigenvalue weighted by atomic mass is 10.1. The quantitative estimate of drug-likeness (QED) is 0.833. The Morgan fingerprint density at radius 2 is 2.11 bits per heavy atom. The van der Waals surface area contributed by atoms with Crippen molar-refractivity contribution >= 4 is 28.3 Å². The molecule has 0 aliphatic carbocycles. The fourth-order valence-electron chi connectivity index (χ4n) is 1.46. The van der Waals surface area contributed by atoms with Crippen molar-refractivity contribution in [2.45, 2.75) is 5.75 Å². The van der Waals surface area contributed by atoms with Crippen molar-refractivity contribution < 1.29 is 9.00 Å². The van der Waals surface area contributed by atoms with Gasteiger partial charge in [0.2, 0.25) is 0 Å². The molecule has 0 heterocycles. The largest absolute Gasteiger partial charge is 0.345 e. The molecule has 18 heavy (non-hydrogen) atoms. The highest BCUT2D eigenvalue weighted by molar-refractivity contribution is 7.84. The van der Waals surface area contributed by atoms with Crippen LogP contribution in [0.5, 0.6) is 0 Å². The van der Waals surface area contributed by atoms with E-state index in [9.17, 15) is 9.00 Å². The molecule has 0 fully saturated rings. The summed E-state index contributed by atoms with van der Waals surface area (Å²) in [4.78, 5) is 13.3. The monoisotopic (exact) mass is 285 g/mol. The molecule has 0 N–H and O–H groups in total. The van der Waals surface area contributed by atoms with Gasteiger partial charge in [-0.1, -0.05) is 30.3 Å². The average molecular weight is 286 g/mol. The van der Waals surface area contributed by atoms with E-state index in [1.165, 1.54) is 4.90 Å². The summed E-state index contributed by atoms with van der Waals surface area (Å²) in [5, 5.41) is 0.383. The fourth-order valence-corrected chi connectivity index (χ4v) is 2.83. The van der Waals surface area contributed by atoms with Gasteiger partial charge < -0.3 is 4.90 Å². The van der Waals surface area contributed by atoms with E-state index in [0.29, 0.717) is 16.3 Å². The van der Waals surface area contributed by atoms with E-state index in [1.54, 1.807) is 32.3 Å². The zero-order chi connectivity index (χ0) is 13.7. The van der Waals surface area contributed by atoms with Crippen molar-refractivity contribution in [3.8, 4) is 0 Å². The molecule has 0 spiro atoms. The summed E-state index contributed by atoms with van der Waals surface area (Å²) in [6.07, 6.45) is 0. The minimum atomic E-state index is -1.09. The van der Waals surface area contributed by atoms with Crippen LogP contribution in [0, 0.1) is 0 Å². The van der Waals surface area contributed by atoms with Gasteiger partial charge in [0.25, 0.3) is 5.91 Å². The minimum absolute atomic E-state index is 0.0654. The number of carbonyl (C=O) groups is 1. The van der Waals surface area contributed by atoms with Gasteiger partial charge in [-0.3, -0.25) is 9.00 Å². The smallest absolute Gasteiger partial charge is 0.253 e. The van der Waals surface area contributed by atoms with Crippen LogP contribution in [0.25, 0.3) is 0 Å². The van der Waals surface area contributed by atoms with Crippen LogP contribution in [0.3, 0.4) is 0 Å². The molecule has 98 valence electrons. The third kappa shape index (κ3) is 4.63. The van der Waals surface area contributed by atoms with Crippen molar-refractivity contribution in [1.29, 1.82) is 0 Å². The zero-order valence-corrected chi connectivity index (χ0v) is 12.1. The van der Waals surface area contributed by atoms with Gasteiger partial charge in [-0.15, -0.1) is 0 Å². The molecule has 0 aliphatic rings. The van der Waals surface area contributed by atoms with E-state index in [4.69, 9.17) is 11.6 Å². The Labute approximate surface area is 115 Å². The first kappa shape index (κ1) is 14.9. The van der Waals surface area contributed by atoms with E-state index < -0.39 is 10.8 Å². The number of hydrogen-bond acceptors (Lipinski definition) is 2. The number of hydrogen-bond donors (Lipinski definition) is 0. The molecule has 3 nitrogen and oxygen atoms in total. The number of carbonyl (C=O) groups excluding carboxylic acids is 1. The predicted octanol–water partition coefficient (Wildman–Crippen LogP) is 2.39. The Morgan fingerprint density at radius 3 is 2.67 bits per heavy atom. The maximum atomic E-state index is 11.8. The second kappa shape index (κ2) is 6.71. The maximum Gasteiger partial charge on any atom is 0.253 e. The Bertz CT molecular complexity index is 486. The van der Waals surface area contributed by atoms with Crippen LogP contribution >= 0.6 is 11.6 Å². The Balaban J connectivity index is 2.80. The number of benzene rings is 1. The molecule has 0 saturated carbocycles. The SMILES string of the molecule is C=C(Cl)C[S@](=O)Cc1cccc(C(=O)N(C)C)c1. The third-order valence-corrected chi connectivity index (χ3v) is 3.84. The first-order valence-electron chi connectivity index (χ1n) is 5.39. The molecule has 1 atom stereocenters. The number of rotatable bonds is 5. The summed E-state index contributed by atoms with van der Waals surface area (Å²) in [5.41, 5.74) is 1.46. The van der Waals surface area contributed by atoms with Crippen LogP contribution in [0.15, 0.2) is 35.9 Å². The van der Waals surface area contributed by atoms with E-state index in [0.717, 1.165) is 5.56 Å². The molecule has 1 aromatic rings. The number of halogens is 1. The first-order valence-corrected chi connectivity index (χ1v) is 7.25. The number of nitrogens with zero attached hydrogens (tertiary/aromatic N) is 1. The Morgan fingerprint density at radius 1 is 1.44 bits per heavy atom. The van der Waals surface area contributed by atoms with Crippen LogP contribution in [-0.4, -0.2) is 34.9 Å². The normalized spacial score (nSPS) is 11.9. The topological polar surface area (TPSA) is 37.4 Å². The highest BCUT2D eigenvalue weighted by Gasteiger charge is 2.09. The van der Waals surface area contributed by atoms with Gasteiger partial charge >= 0.3 is 0 Å². The average Bonchev–Trinajstić information content (AvgIpc) is 2.26. The lowest BCUT2D eigenvalue weighted by molar-refractivity contribution is 0.0827. The predicted molar refractivity (Wildman–Crippen MR) is 76.2 cm³/mol. The standard InChI is InChI=1S/C13H16ClNO2S/c1-10(14)8-18(17)9-11-5-4-6-12(7-11)13(16)15(2)3/h4-7H,1,8-9H2,2-3H3/t18-/m0/s1. The van der Waals surface area contributed by atoms with Gasteiger partial charge in [0.05, 0.1) is 5.75 Å². The summed E-state index contributed by atoms with van der Waals surface area (Å²) in [7, 11) is 2.31. The van der Waals surface area contributed by atoms with Gasteiger partial charge in [0.15, 0.2) is 0 Å². The van der Waals surface area contributed by atoms with Gasteiger partial charge in [-0.2, -0.15) is 0 Å². The lowest BCUT2D eigenvalue weighted by Gasteiger charge is -2.11. The van der Waals surface area contributed by atoms with Crippen LogP contribution in [0.1, 0.15) is 15.9 Å². The van der Waals surface area contributed by atoms with E-state index >= 15 is 0 Å². The fraction of sp³-hybridized carbons (Fsp3) is 0.308. The summed E-state index contributed by atoms with van der Waals surface area (Å²) < 4.78 is 11.7. The van der Waals surface area contributed by atoms with Gasteiger partial charge in [0, 0.05) is 41.2 Å². The highest BCUT2D eigenvalue weighted by atomic mass is 35.5. The van der Waals surface area contributed by atoms with Crippen LogP contribution < -0.4 is 0 Å². The van der Waals surface area contributed by atoms with E-state index in [1.807, 2.05) is 6.07 Å². The Hall–Kier alpha value is -1.13. The van der Waals surface area contributed by atoms with E-state index in [-0.39, 0.29) is 11.7 Å².